The van der Waals surface area contributed by atoms with Crippen molar-refractivity contribution in [3.8, 4) is 0 Å². The Balaban J connectivity index is 1.77. The summed E-state index contributed by atoms with van der Waals surface area (Å²) >= 11 is 0. The fourth-order valence-electron chi connectivity index (χ4n) is 2.45. The molecule has 0 aromatic carbocycles. The molecule has 2 heterocycles. The van der Waals surface area contributed by atoms with E-state index in [1.165, 1.54) is 0 Å². The van der Waals surface area contributed by atoms with Gasteiger partial charge in [0.25, 0.3) is 0 Å². The van der Waals surface area contributed by atoms with Gasteiger partial charge in [0.2, 0.25) is 10.0 Å². The highest BCUT2D eigenvalue weighted by Gasteiger charge is 2.27. The molecular formula is C11H22N2O3S. The topological polar surface area (TPSA) is 49.9 Å². The minimum absolute atomic E-state index is 0.207. The van der Waals surface area contributed by atoms with E-state index in [2.05, 4.69) is 4.90 Å². The van der Waals surface area contributed by atoms with Gasteiger partial charge in [0.05, 0.1) is 11.9 Å². The Labute approximate surface area is 104 Å². The summed E-state index contributed by atoms with van der Waals surface area (Å²) < 4.78 is 30.6. The van der Waals surface area contributed by atoms with Crippen LogP contribution in [0.15, 0.2) is 0 Å². The van der Waals surface area contributed by atoms with Crippen LogP contribution >= 0.6 is 0 Å². The van der Waals surface area contributed by atoms with Crippen LogP contribution < -0.4 is 0 Å². The molecule has 0 aliphatic carbocycles. The minimum atomic E-state index is -3.00. The maximum Gasteiger partial charge on any atom is 0.213 e. The summed E-state index contributed by atoms with van der Waals surface area (Å²) in [5.41, 5.74) is 0. The molecule has 2 aliphatic heterocycles. The van der Waals surface area contributed by atoms with Crippen LogP contribution in [0.2, 0.25) is 0 Å². The number of sulfonamides is 1. The van der Waals surface area contributed by atoms with Crippen LogP contribution in [0.3, 0.4) is 0 Å². The zero-order valence-electron chi connectivity index (χ0n) is 10.5. The summed E-state index contributed by atoms with van der Waals surface area (Å²) in [6.07, 6.45) is 2.67. The molecule has 17 heavy (non-hydrogen) atoms. The molecule has 0 amide bonds. The molecule has 2 rings (SSSR count). The quantitative estimate of drug-likeness (QED) is 0.723. The number of nitrogens with zero attached hydrogens (tertiary/aromatic N) is 2. The molecule has 0 aromatic heterocycles. The second-order valence-electron chi connectivity index (χ2n) is 4.74. The van der Waals surface area contributed by atoms with Gasteiger partial charge in [0.1, 0.15) is 0 Å². The number of piperazine rings is 1. The maximum absolute atomic E-state index is 11.7. The van der Waals surface area contributed by atoms with Gasteiger partial charge in [0.15, 0.2) is 0 Å². The van der Waals surface area contributed by atoms with E-state index in [0.717, 1.165) is 39.1 Å². The minimum Gasteiger partial charge on any atom is -0.377 e. The molecule has 1 unspecified atom stereocenters. The lowest BCUT2D eigenvalue weighted by molar-refractivity contribution is 0.0617. The van der Waals surface area contributed by atoms with Gasteiger partial charge in [-0.25, -0.2) is 8.42 Å². The van der Waals surface area contributed by atoms with Crippen molar-refractivity contribution < 1.29 is 13.2 Å². The van der Waals surface area contributed by atoms with Gasteiger partial charge in [-0.3, -0.25) is 4.90 Å². The van der Waals surface area contributed by atoms with Crippen LogP contribution in [-0.2, 0) is 14.8 Å². The highest BCUT2D eigenvalue weighted by Crippen LogP contribution is 2.15. The molecule has 0 spiro atoms. The van der Waals surface area contributed by atoms with Gasteiger partial charge >= 0.3 is 0 Å². The Morgan fingerprint density at radius 1 is 1.24 bits per heavy atom. The van der Waals surface area contributed by atoms with Crippen molar-refractivity contribution >= 4 is 10.0 Å². The first-order valence-electron chi connectivity index (χ1n) is 6.43. The largest absolute Gasteiger partial charge is 0.377 e. The molecule has 0 bridgehead atoms. The first-order valence-corrected chi connectivity index (χ1v) is 8.04. The van der Waals surface area contributed by atoms with E-state index in [1.54, 1.807) is 11.2 Å². The highest BCUT2D eigenvalue weighted by molar-refractivity contribution is 7.89. The first kappa shape index (κ1) is 13.3. The number of rotatable bonds is 4. The van der Waals surface area contributed by atoms with E-state index in [-0.39, 0.29) is 5.75 Å². The first-order chi connectivity index (χ1) is 8.12. The number of hydrogen-bond donors (Lipinski definition) is 0. The van der Waals surface area contributed by atoms with Crippen molar-refractivity contribution in [2.75, 3.05) is 45.1 Å². The summed E-state index contributed by atoms with van der Waals surface area (Å²) in [7, 11) is -3.00. The second-order valence-corrected chi connectivity index (χ2v) is 6.99. The maximum atomic E-state index is 11.7. The Morgan fingerprint density at radius 2 is 1.94 bits per heavy atom. The molecule has 0 aromatic rings. The van der Waals surface area contributed by atoms with E-state index < -0.39 is 10.0 Å². The zero-order chi connectivity index (χ0) is 12.3. The number of hydrogen-bond acceptors (Lipinski definition) is 4. The lowest BCUT2D eigenvalue weighted by Crippen LogP contribution is -2.50. The summed E-state index contributed by atoms with van der Waals surface area (Å²) in [6, 6.07) is 0. The zero-order valence-corrected chi connectivity index (χ0v) is 11.3. The highest BCUT2D eigenvalue weighted by atomic mass is 32.2. The lowest BCUT2D eigenvalue weighted by Gasteiger charge is -2.34. The molecule has 5 nitrogen and oxygen atoms in total. The Kier molecular flexibility index (Phi) is 4.41. The average molecular weight is 262 g/mol. The Hall–Kier alpha value is -0.170. The van der Waals surface area contributed by atoms with Crippen molar-refractivity contribution in [3.05, 3.63) is 0 Å². The van der Waals surface area contributed by atoms with E-state index in [9.17, 15) is 8.42 Å². The molecular weight excluding hydrogens is 240 g/mol. The van der Waals surface area contributed by atoms with Crippen LogP contribution in [0, 0.1) is 0 Å². The van der Waals surface area contributed by atoms with Crippen LogP contribution in [0.5, 0.6) is 0 Å². The Bertz CT molecular complexity index is 331. The van der Waals surface area contributed by atoms with Crippen molar-refractivity contribution in [3.63, 3.8) is 0 Å². The monoisotopic (exact) mass is 262 g/mol. The van der Waals surface area contributed by atoms with Crippen LogP contribution in [0.1, 0.15) is 19.8 Å². The molecule has 100 valence electrons. The predicted molar refractivity (Wildman–Crippen MR) is 66.4 cm³/mol. The van der Waals surface area contributed by atoms with Gasteiger partial charge in [-0.15, -0.1) is 0 Å². The van der Waals surface area contributed by atoms with Crippen molar-refractivity contribution in [2.24, 2.45) is 0 Å². The average Bonchev–Trinajstić information content (AvgIpc) is 2.83. The summed E-state index contributed by atoms with van der Waals surface area (Å²) in [6.45, 7) is 6.47. The number of ether oxygens (including phenoxy) is 1. The van der Waals surface area contributed by atoms with Gasteiger partial charge in [-0.05, 0) is 19.8 Å². The lowest BCUT2D eigenvalue weighted by atomic mass is 10.2. The third-order valence-electron chi connectivity index (χ3n) is 3.58. The predicted octanol–water partition coefficient (Wildman–Crippen LogP) is 0.133. The standard InChI is InChI=1S/C11H22N2O3S/c1-2-17(14,15)13-7-5-12(6-8-13)10-11-4-3-9-16-11/h11H,2-10H2,1H3. The third kappa shape index (κ3) is 3.40. The third-order valence-corrected chi connectivity index (χ3v) is 5.46. The van der Waals surface area contributed by atoms with Gasteiger partial charge in [-0.2, -0.15) is 4.31 Å². The van der Waals surface area contributed by atoms with Gasteiger partial charge in [-0.1, -0.05) is 0 Å². The molecule has 6 heteroatoms. The summed E-state index contributed by atoms with van der Waals surface area (Å²) in [4.78, 5) is 2.32. The van der Waals surface area contributed by atoms with E-state index >= 15 is 0 Å². The summed E-state index contributed by atoms with van der Waals surface area (Å²) in [5.74, 6) is 0.207. The second kappa shape index (κ2) is 5.65. The molecule has 0 saturated carbocycles. The summed E-state index contributed by atoms with van der Waals surface area (Å²) in [5, 5.41) is 0. The Morgan fingerprint density at radius 3 is 2.47 bits per heavy atom. The van der Waals surface area contributed by atoms with Crippen LogP contribution in [0.25, 0.3) is 0 Å². The normalized spacial score (nSPS) is 28.6. The van der Waals surface area contributed by atoms with Gasteiger partial charge in [0, 0.05) is 39.3 Å². The van der Waals surface area contributed by atoms with Crippen LogP contribution in [-0.4, -0.2) is 68.8 Å². The molecule has 2 fully saturated rings. The van der Waals surface area contributed by atoms with E-state index in [4.69, 9.17) is 4.74 Å². The SMILES string of the molecule is CCS(=O)(=O)N1CCN(CC2CCCO2)CC1. The van der Waals surface area contributed by atoms with E-state index in [1.807, 2.05) is 0 Å². The van der Waals surface area contributed by atoms with Crippen molar-refractivity contribution in [2.45, 2.75) is 25.9 Å². The molecule has 2 saturated heterocycles. The molecule has 1 atom stereocenters. The fraction of sp³-hybridized carbons (Fsp3) is 1.00. The molecule has 0 N–H and O–H groups in total. The molecule has 2 aliphatic rings. The van der Waals surface area contributed by atoms with E-state index in [0.29, 0.717) is 19.2 Å². The smallest absolute Gasteiger partial charge is 0.213 e. The fourth-order valence-corrected chi connectivity index (χ4v) is 3.53. The van der Waals surface area contributed by atoms with Gasteiger partial charge < -0.3 is 4.74 Å². The van der Waals surface area contributed by atoms with Crippen molar-refractivity contribution in [1.29, 1.82) is 0 Å². The van der Waals surface area contributed by atoms with Crippen LogP contribution in [0.4, 0.5) is 0 Å². The molecule has 0 radical (unpaired) electrons. The van der Waals surface area contributed by atoms with Crippen molar-refractivity contribution in [1.82, 2.24) is 9.21 Å².